The minimum absolute atomic E-state index is 0.250. The monoisotopic (exact) mass is 361 g/mol. The van der Waals surface area contributed by atoms with Crippen LogP contribution in [0.25, 0.3) is 0 Å². The standard InChI is InChI=1S/C18H24FN5O2/c1-2-15(26-16-5-3-4-13(19)10-16)11-21-18(25)17-12-24(23-22-17)14-6-8-20-9-7-14/h3-5,10,12,14-15,20H,2,6-9,11H2,1H3,(H,21,25). The maximum absolute atomic E-state index is 13.2. The fraction of sp³-hybridized carbons (Fsp3) is 0.500. The van der Waals surface area contributed by atoms with Crippen LogP contribution in [0.5, 0.6) is 5.75 Å². The number of piperidine rings is 1. The number of benzene rings is 1. The first-order valence-corrected chi connectivity index (χ1v) is 8.98. The van der Waals surface area contributed by atoms with Crippen LogP contribution in [0, 0.1) is 5.82 Å². The lowest BCUT2D eigenvalue weighted by atomic mass is 10.1. The fourth-order valence-corrected chi connectivity index (χ4v) is 2.93. The second-order valence-electron chi connectivity index (χ2n) is 6.38. The van der Waals surface area contributed by atoms with Gasteiger partial charge in [0.05, 0.1) is 18.8 Å². The second-order valence-corrected chi connectivity index (χ2v) is 6.38. The number of carbonyl (C=O) groups is 1. The molecule has 8 heteroatoms. The van der Waals surface area contributed by atoms with Crippen molar-refractivity contribution in [3.8, 4) is 5.75 Å². The Morgan fingerprint density at radius 3 is 3.00 bits per heavy atom. The average molecular weight is 361 g/mol. The predicted molar refractivity (Wildman–Crippen MR) is 94.6 cm³/mol. The van der Waals surface area contributed by atoms with Crippen LogP contribution in [0.3, 0.4) is 0 Å². The van der Waals surface area contributed by atoms with Crippen molar-refractivity contribution in [2.24, 2.45) is 0 Å². The minimum Gasteiger partial charge on any atom is -0.489 e. The second kappa shape index (κ2) is 8.75. The van der Waals surface area contributed by atoms with Gasteiger partial charge in [0.25, 0.3) is 5.91 Å². The Hall–Kier alpha value is -2.48. The first-order valence-electron chi connectivity index (χ1n) is 8.98. The van der Waals surface area contributed by atoms with E-state index >= 15 is 0 Å². The predicted octanol–water partition coefficient (Wildman–Crippen LogP) is 1.93. The Morgan fingerprint density at radius 1 is 1.46 bits per heavy atom. The summed E-state index contributed by atoms with van der Waals surface area (Å²) in [5.74, 6) is -0.189. The van der Waals surface area contributed by atoms with E-state index in [1.54, 1.807) is 23.0 Å². The van der Waals surface area contributed by atoms with Crippen LogP contribution < -0.4 is 15.4 Å². The van der Waals surface area contributed by atoms with Crippen molar-refractivity contribution < 1.29 is 13.9 Å². The van der Waals surface area contributed by atoms with E-state index in [0.717, 1.165) is 25.9 Å². The molecule has 3 rings (SSSR count). The topological polar surface area (TPSA) is 81.1 Å². The van der Waals surface area contributed by atoms with Gasteiger partial charge in [-0.15, -0.1) is 5.10 Å². The van der Waals surface area contributed by atoms with Gasteiger partial charge in [0.2, 0.25) is 0 Å². The first-order chi connectivity index (χ1) is 12.7. The molecule has 1 aromatic heterocycles. The Bertz CT molecular complexity index is 730. The normalized spacial score (nSPS) is 16.2. The highest BCUT2D eigenvalue weighted by atomic mass is 19.1. The summed E-state index contributed by atoms with van der Waals surface area (Å²) in [5.41, 5.74) is 0.296. The number of rotatable bonds is 7. The molecule has 0 spiro atoms. The molecule has 0 aliphatic carbocycles. The molecule has 0 bridgehead atoms. The molecule has 1 aliphatic rings. The van der Waals surface area contributed by atoms with Gasteiger partial charge in [0.15, 0.2) is 5.69 Å². The molecule has 140 valence electrons. The third-order valence-corrected chi connectivity index (χ3v) is 4.47. The largest absolute Gasteiger partial charge is 0.489 e. The Balaban J connectivity index is 1.53. The van der Waals surface area contributed by atoms with Crippen LogP contribution in [0.2, 0.25) is 0 Å². The van der Waals surface area contributed by atoms with Gasteiger partial charge < -0.3 is 15.4 Å². The zero-order chi connectivity index (χ0) is 18.4. The van der Waals surface area contributed by atoms with Gasteiger partial charge in [-0.3, -0.25) is 4.79 Å². The summed E-state index contributed by atoms with van der Waals surface area (Å²) >= 11 is 0. The van der Waals surface area contributed by atoms with Crippen molar-refractivity contribution >= 4 is 5.91 Å². The van der Waals surface area contributed by atoms with E-state index in [1.165, 1.54) is 12.1 Å². The average Bonchev–Trinajstić information content (AvgIpc) is 3.16. The summed E-state index contributed by atoms with van der Waals surface area (Å²) < 4.78 is 20.7. The summed E-state index contributed by atoms with van der Waals surface area (Å²) in [6, 6.07) is 6.26. The third kappa shape index (κ3) is 4.78. The zero-order valence-corrected chi connectivity index (χ0v) is 14.8. The molecule has 2 N–H and O–H groups in total. The molecule has 1 aliphatic heterocycles. The molecular weight excluding hydrogens is 337 g/mol. The van der Waals surface area contributed by atoms with E-state index in [0.29, 0.717) is 24.4 Å². The summed E-state index contributed by atoms with van der Waals surface area (Å²) in [6.07, 6.45) is 4.08. The van der Waals surface area contributed by atoms with Gasteiger partial charge in [-0.25, -0.2) is 9.07 Å². The van der Waals surface area contributed by atoms with Crippen LogP contribution in [-0.4, -0.2) is 46.6 Å². The van der Waals surface area contributed by atoms with Crippen LogP contribution in [-0.2, 0) is 0 Å². The van der Waals surface area contributed by atoms with Crippen molar-refractivity contribution in [1.29, 1.82) is 0 Å². The highest BCUT2D eigenvalue weighted by molar-refractivity contribution is 5.91. The summed E-state index contributed by atoms with van der Waals surface area (Å²) in [7, 11) is 0. The molecule has 1 aromatic carbocycles. The molecule has 1 saturated heterocycles. The quantitative estimate of drug-likeness (QED) is 0.788. The van der Waals surface area contributed by atoms with E-state index in [1.807, 2.05) is 6.92 Å². The third-order valence-electron chi connectivity index (χ3n) is 4.47. The summed E-state index contributed by atoms with van der Waals surface area (Å²) in [5, 5.41) is 14.2. The summed E-state index contributed by atoms with van der Waals surface area (Å²) in [6.45, 7) is 4.15. The van der Waals surface area contributed by atoms with Crippen molar-refractivity contribution in [2.45, 2.75) is 38.3 Å². The van der Waals surface area contributed by atoms with Crippen molar-refractivity contribution in [3.05, 3.63) is 42.0 Å². The van der Waals surface area contributed by atoms with E-state index in [4.69, 9.17) is 4.74 Å². The van der Waals surface area contributed by atoms with Gasteiger partial charge in [0, 0.05) is 6.07 Å². The number of hydrogen-bond donors (Lipinski definition) is 2. The van der Waals surface area contributed by atoms with Gasteiger partial charge >= 0.3 is 0 Å². The number of aromatic nitrogens is 3. The van der Waals surface area contributed by atoms with E-state index in [2.05, 4.69) is 20.9 Å². The highest BCUT2D eigenvalue weighted by Gasteiger charge is 2.19. The lowest BCUT2D eigenvalue weighted by Gasteiger charge is -2.22. The van der Waals surface area contributed by atoms with Gasteiger partial charge in [-0.2, -0.15) is 0 Å². The number of carbonyl (C=O) groups excluding carboxylic acids is 1. The fourth-order valence-electron chi connectivity index (χ4n) is 2.93. The van der Waals surface area contributed by atoms with Crippen molar-refractivity contribution in [3.63, 3.8) is 0 Å². The van der Waals surface area contributed by atoms with Gasteiger partial charge in [0.1, 0.15) is 17.7 Å². The van der Waals surface area contributed by atoms with E-state index in [9.17, 15) is 9.18 Å². The zero-order valence-electron chi connectivity index (χ0n) is 14.8. The molecular formula is C18H24FN5O2. The minimum atomic E-state index is -0.351. The molecule has 1 fully saturated rings. The molecule has 1 amide bonds. The van der Waals surface area contributed by atoms with Crippen LogP contribution in [0.15, 0.2) is 30.5 Å². The molecule has 1 atom stereocenters. The SMILES string of the molecule is CCC(CNC(=O)c1cn(C2CCNCC2)nn1)Oc1cccc(F)c1. The number of hydrogen-bond acceptors (Lipinski definition) is 5. The number of amides is 1. The molecule has 1 unspecified atom stereocenters. The number of nitrogens with zero attached hydrogens (tertiary/aromatic N) is 3. The maximum atomic E-state index is 13.2. The molecule has 7 nitrogen and oxygen atoms in total. The van der Waals surface area contributed by atoms with E-state index < -0.39 is 0 Å². The first kappa shape index (κ1) is 18.3. The maximum Gasteiger partial charge on any atom is 0.273 e. The van der Waals surface area contributed by atoms with Crippen LogP contribution in [0.1, 0.15) is 42.7 Å². The number of nitrogens with one attached hydrogen (secondary N) is 2. The van der Waals surface area contributed by atoms with Gasteiger partial charge in [-0.1, -0.05) is 18.2 Å². The van der Waals surface area contributed by atoms with Gasteiger partial charge in [-0.05, 0) is 44.5 Å². The Morgan fingerprint density at radius 2 is 2.27 bits per heavy atom. The number of ether oxygens (including phenoxy) is 1. The lowest BCUT2D eigenvalue weighted by molar-refractivity contribution is 0.0920. The molecule has 2 heterocycles. The van der Waals surface area contributed by atoms with Crippen molar-refractivity contribution in [2.75, 3.05) is 19.6 Å². The molecule has 0 saturated carbocycles. The molecule has 2 aromatic rings. The van der Waals surface area contributed by atoms with Crippen LogP contribution >= 0.6 is 0 Å². The van der Waals surface area contributed by atoms with E-state index in [-0.39, 0.29) is 23.9 Å². The Kier molecular flexibility index (Phi) is 6.17. The molecule has 26 heavy (non-hydrogen) atoms. The summed E-state index contributed by atoms with van der Waals surface area (Å²) in [4.78, 5) is 12.3. The lowest BCUT2D eigenvalue weighted by Crippen LogP contribution is -2.35. The molecule has 0 radical (unpaired) electrons. The Labute approximate surface area is 151 Å². The smallest absolute Gasteiger partial charge is 0.273 e. The van der Waals surface area contributed by atoms with Crippen molar-refractivity contribution in [1.82, 2.24) is 25.6 Å². The highest BCUT2D eigenvalue weighted by Crippen LogP contribution is 2.17. The number of halogens is 1. The van der Waals surface area contributed by atoms with Crippen LogP contribution in [0.4, 0.5) is 4.39 Å².